The van der Waals surface area contributed by atoms with E-state index >= 15 is 0 Å². The van der Waals surface area contributed by atoms with Gasteiger partial charge in [0.05, 0.1) is 32.0 Å². The molecule has 2 heterocycles. The molecule has 12 atom stereocenters. The third-order valence-electron chi connectivity index (χ3n) is 15.3. The number of ether oxygens (including phenoxy) is 4. The highest BCUT2D eigenvalue weighted by Crippen LogP contribution is 2.30. The first-order valence-corrected chi connectivity index (χ1v) is 32.3. The quantitative estimate of drug-likeness (QED) is 0.0204. The number of nitrogens with one attached hydrogen (secondary N) is 1. The first-order valence-electron chi connectivity index (χ1n) is 32.3. The van der Waals surface area contributed by atoms with Gasteiger partial charge in [0.1, 0.15) is 48.8 Å². The largest absolute Gasteiger partial charge is 0.394 e. The molecule has 14 nitrogen and oxygen atoms in total. The van der Waals surface area contributed by atoms with E-state index in [1.807, 2.05) is 6.08 Å². The summed E-state index contributed by atoms with van der Waals surface area (Å²) in [5, 5.41) is 86.6. The molecule has 0 bridgehead atoms. The molecular formula is C67H117NO13. The van der Waals surface area contributed by atoms with Crippen molar-refractivity contribution in [1.82, 2.24) is 5.32 Å². The summed E-state index contributed by atoms with van der Waals surface area (Å²) < 4.78 is 22.6. The minimum absolute atomic E-state index is 0.244. The molecule has 0 radical (unpaired) electrons. The summed E-state index contributed by atoms with van der Waals surface area (Å²) in [5.41, 5.74) is 0. The second-order valence-corrected chi connectivity index (χ2v) is 22.5. The Morgan fingerprint density at radius 2 is 0.852 bits per heavy atom. The SMILES string of the molecule is CC/C=C\C/C=C\C/C=C\C/C=C\C/C=C\C/C=C\CCCCCCCCCCCCCCCCCCCCCCCCC(=O)NC(COC1OC(CO)C(OC2OC(CO)C(O)C(O)C2O)C(O)C1O)C(O)/C=C/CCCCCC. The zero-order valence-electron chi connectivity index (χ0n) is 50.5. The molecule has 2 fully saturated rings. The molecular weight excluding hydrogens is 1030 g/mol. The fourth-order valence-corrected chi connectivity index (χ4v) is 10.2. The van der Waals surface area contributed by atoms with Crippen molar-refractivity contribution in [2.24, 2.45) is 0 Å². The van der Waals surface area contributed by atoms with Crippen LogP contribution in [0.15, 0.2) is 85.1 Å². The summed E-state index contributed by atoms with van der Waals surface area (Å²) >= 11 is 0. The van der Waals surface area contributed by atoms with Crippen LogP contribution in [0.2, 0.25) is 0 Å². The number of amides is 1. The van der Waals surface area contributed by atoms with E-state index in [-0.39, 0.29) is 18.9 Å². The Morgan fingerprint density at radius 3 is 1.31 bits per heavy atom. The smallest absolute Gasteiger partial charge is 0.220 e. The molecule has 14 heteroatoms. The molecule has 12 unspecified atom stereocenters. The number of aliphatic hydroxyl groups is 8. The maximum Gasteiger partial charge on any atom is 0.220 e. The second-order valence-electron chi connectivity index (χ2n) is 22.5. The van der Waals surface area contributed by atoms with Crippen molar-refractivity contribution in [3.63, 3.8) is 0 Å². The van der Waals surface area contributed by atoms with Crippen LogP contribution in [0.1, 0.15) is 239 Å². The van der Waals surface area contributed by atoms with E-state index in [9.17, 15) is 45.6 Å². The van der Waals surface area contributed by atoms with E-state index in [2.05, 4.69) is 92.1 Å². The standard InChI is InChI=1S/C67H117NO13/c1-3-5-7-9-11-12-13-14-15-16-17-18-19-20-21-22-23-24-25-26-27-28-29-30-31-32-33-34-35-36-37-38-39-40-41-42-43-44-45-47-49-51-59(72)68-55(56(71)50-48-46-10-8-6-4-2)54-78-66-64(77)62(75)65(58(53-70)80-66)81-67-63(76)61(74)60(73)57(52-69)79-67/h5,7,11-12,14-15,17-18,20-21,23-24,48,50,55-58,60-67,69-71,73-77H,3-4,6,8-10,13,16,19,22,25-47,49,51-54H2,1-2H3,(H,68,72)/b7-5-,12-11-,15-14-,18-17-,21-20-,24-23-,50-48+. The lowest BCUT2D eigenvalue weighted by atomic mass is 9.97. The Kier molecular flexibility index (Phi) is 47.3. The Hall–Kier alpha value is -2.83. The predicted octanol–water partition coefficient (Wildman–Crippen LogP) is 12.1. The fourth-order valence-electron chi connectivity index (χ4n) is 10.2. The highest BCUT2D eigenvalue weighted by Gasteiger charge is 2.51. The lowest BCUT2D eigenvalue weighted by Crippen LogP contribution is -2.65. The van der Waals surface area contributed by atoms with Crippen LogP contribution >= 0.6 is 0 Å². The molecule has 0 aromatic heterocycles. The van der Waals surface area contributed by atoms with Crippen LogP contribution in [-0.4, -0.2) is 140 Å². The van der Waals surface area contributed by atoms with Crippen molar-refractivity contribution >= 4 is 5.91 Å². The number of carbonyl (C=O) groups is 1. The van der Waals surface area contributed by atoms with Crippen molar-refractivity contribution in [3.05, 3.63) is 85.1 Å². The Balaban J connectivity index is 1.48. The maximum atomic E-state index is 13.2. The summed E-state index contributed by atoms with van der Waals surface area (Å²) in [6, 6.07) is -0.912. The van der Waals surface area contributed by atoms with E-state index < -0.39 is 86.8 Å². The van der Waals surface area contributed by atoms with Gasteiger partial charge in [-0.15, -0.1) is 0 Å². The molecule has 468 valence electrons. The summed E-state index contributed by atoms with van der Waals surface area (Å²) in [5.74, 6) is -0.244. The maximum absolute atomic E-state index is 13.2. The third-order valence-corrected chi connectivity index (χ3v) is 15.3. The van der Waals surface area contributed by atoms with Gasteiger partial charge < -0.3 is 65.1 Å². The van der Waals surface area contributed by atoms with Crippen LogP contribution in [0.5, 0.6) is 0 Å². The van der Waals surface area contributed by atoms with Crippen molar-refractivity contribution in [2.75, 3.05) is 19.8 Å². The Labute approximate surface area is 491 Å². The van der Waals surface area contributed by atoms with Gasteiger partial charge in [0.2, 0.25) is 5.91 Å². The fraction of sp³-hybridized carbons (Fsp3) is 0.776. The molecule has 0 aromatic rings. The first-order chi connectivity index (χ1) is 39.6. The number of hydrogen-bond acceptors (Lipinski definition) is 13. The van der Waals surface area contributed by atoms with Crippen molar-refractivity contribution in [1.29, 1.82) is 0 Å². The van der Waals surface area contributed by atoms with Crippen molar-refractivity contribution < 1.29 is 64.6 Å². The second kappa shape index (κ2) is 51.6. The Bertz CT molecular complexity index is 1680. The van der Waals surface area contributed by atoms with Crippen LogP contribution in [0.3, 0.4) is 0 Å². The normalized spacial score (nSPS) is 24.7. The highest BCUT2D eigenvalue weighted by atomic mass is 16.7. The van der Waals surface area contributed by atoms with Crippen molar-refractivity contribution in [2.45, 2.75) is 312 Å². The van der Waals surface area contributed by atoms with E-state index in [4.69, 9.17) is 18.9 Å². The van der Waals surface area contributed by atoms with E-state index in [1.54, 1.807) is 6.08 Å². The minimum Gasteiger partial charge on any atom is -0.394 e. The number of carbonyl (C=O) groups excluding carboxylic acids is 1. The third kappa shape index (κ3) is 36.6. The van der Waals surface area contributed by atoms with Gasteiger partial charge >= 0.3 is 0 Å². The van der Waals surface area contributed by atoms with Crippen molar-refractivity contribution in [3.8, 4) is 0 Å². The lowest BCUT2D eigenvalue weighted by Gasteiger charge is -2.46. The summed E-state index contributed by atoms with van der Waals surface area (Å²) in [4.78, 5) is 13.2. The molecule has 2 rings (SSSR count). The molecule has 0 saturated carbocycles. The van der Waals surface area contributed by atoms with Gasteiger partial charge in [-0.25, -0.2) is 0 Å². The first kappa shape index (κ1) is 74.3. The van der Waals surface area contributed by atoms with E-state index in [0.717, 1.165) is 89.9 Å². The zero-order chi connectivity index (χ0) is 58.8. The predicted molar refractivity (Wildman–Crippen MR) is 327 cm³/mol. The van der Waals surface area contributed by atoms with Crippen LogP contribution in [0.25, 0.3) is 0 Å². The van der Waals surface area contributed by atoms with Gasteiger partial charge in [-0.05, 0) is 70.6 Å². The van der Waals surface area contributed by atoms with E-state index in [1.165, 1.54) is 122 Å². The molecule has 81 heavy (non-hydrogen) atoms. The average molecular weight is 1140 g/mol. The molecule has 2 saturated heterocycles. The van der Waals surface area contributed by atoms with Gasteiger partial charge in [0.15, 0.2) is 12.6 Å². The summed E-state index contributed by atoms with van der Waals surface area (Å²) in [6.07, 6.45) is 54.4. The van der Waals surface area contributed by atoms with Crippen LogP contribution in [0.4, 0.5) is 0 Å². The molecule has 0 aromatic carbocycles. The number of hydrogen-bond donors (Lipinski definition) is 9. The van der Waals surface area contributed by atoms with E-state index in [0.29, 0.717) is 6.42 Å². The highest BCUT2D eigenvalue weighted by molar-refractivity contribution is 5.76. The molecule has 0 spiro atoms. The topological polar surface area (TPSA) is 228 Å². The molecule has 1 amide bonds. The number of aliphatic hydroxyl groups excluding tert-OH is 8. The molecule has 2 aliphatic rings. The van der Waals surface area contributed by atoms with Crippen LogP contribution in [0, 0.1) is 0 Å². The van der Waals surface area contributed by atoms with Gasteiger partial charge in [-0.1, -0.05) is 247 Å². The number of allylic oxidation sites excluding steroid dienone is 13. The van der Waals surface area contributed by atoms with Crippen LogP contribution in [-0.2, 0) is 23.7 Å². The van der Waals surface area contributed by atoms with Gasteiger partial charge in [-0.3, -0.25) is 4.79 Å². The summed E-state index contributed by atoms with van der Waals surface area (Å²) in [7, 11) is 0. The lowest BCUT2D eigenvalue weighted by molar-refractivity contribution is -0.359. The molecule has 9 N–H and O–H groups in total. The average Bonchev–Trinajstić information content (AvgIpc) is 3.55. The number of rotatable bonds is 51. The zero-order valence-corrected chi connectivity index (χ0v) is 50.5. The monoisotopic (exact) mass is 1140 g/mol. The molecule has 2 aliphatic heterocycles. The molecule has 0 aliphatic carbocycles. The van der Waals surface area contributed by atoms with Crippen LogP contribution < -0.4 is 5.32 Å². The Morgan fingerprint density at radius 1 is 0.457 bits per heavy atom. The summed E-state index contributed by atoms with van der Waals surface area (Å²) in [6.45, 7) is 2.58. The van der Waals surface area contributed by atoms with Gasteiger partial charge in [-0.2, -0.15) is 0 Å². The minimum atomic E-state index is -1.79. The number of unbranched alkanes of at least 4 members (excludes halogenated alkanes) is 26. The van der Waals surface area contributed by atoms with Gasteiger partial charge in [0, 0.05) is 6.42 Å². The van der Waals surface area contributed by atoms with Gasteiger partial charge in [0.25, 0.3) is 0 Å².